The summed E-state index contributed by atoms with van der Waals surface area (Å²) in [4.78, 5) is 4.82. The van der Waals surface area contributed by atoms with Crippen LogP contribution in [0.2, 0.25) is 0 Å². The highest BCUT2D eigenvalue weighted by molar-refractivity contribution is 5.72. The lowest BCUT2D eigenvalue weighted by atomic mass is 10.1. The Morgan fingerprint density at radius 2 is 1.63 bits per heavy atom. The number of ether oxygens (including phenoxy) is 2. The molecule has 3 aromatic carbocycles. The minimum absolute atomic E-state index is 0.612. The molecule has 1 aliphatic rings. The number of nitrogens with zero attached hydrogens (tertiary/aromatic N) is 2. The van der Waals surface area contributed by atoms with Crippen LogP contribution < -0.4 is 14.4 Å². The summed E-state index contributed by atoms with van der Waals surface area (Å²) in [5.41, 5.74) is 4.98. The molecule has 0 radical (unpaired) electrons. The van der Waals surface area contributed by atoms with Crippen LogP contribution in [0.1, 0.15) is 17.5 Å². The number of aryl methyl sites for hydroxylation is 1. The summed E-state index contributed by atoms with van der Waals surface area (Å²) in [6.07, 6.45) is 2.22. The lowest BCUT2D eigenvalue weighted by molar-refractivity contribution is 0.310. The van der Waals surface area contributed by atoms with Gasteiger partial charge in [0.05, 0.1) is 12.8 Å². The molecule has 1 heterocycles. The molecule has 4 rings (SSSR count). The van der Waals surface area contributed by atoms with Gasteiger partial charge in [0.2, 0.25) is 0 Å². The Bertz CT molecular complexity index is 908. The Morgan fingerprint density at radius 3 is 2.43 bits per heavy atom. The zero-order valence-electron chi connectivity index (χ0n) is 17.9. The van der Waals surface area contributed by atoms with Gasteiger partial charge in [0.25, 0.3) is 0 Å². The third-order valence-corrected chi connectivity index (χ3v) is 5.69. The van der Waals surface area contributed by atoms with Crippen LogP contribution in [0.5, 0.6) is 11.5 Å². The van der Waals surface area contributed by atoms with Gasteiger partial charge in [-0.05, 0) is 62.3 Å². The van der Waals surface area contributed by atoms with Crippen molar-refractivity contribution >= 4 is 11.4 Å². The minimum atomic E-state index is 0.612. The molecule has 156 valence electrons. The molecular weight excluding hydrogens is 372 g/mol. The van der Waals surface area contributed by atoms with E-state index in [4.69, 9.17) is 9.47 Å². The largest absolute Gasteiger partial charge is 0.497 e. The van der Waals surface area contributed by atoms with Crippen LogP contribution in [-0.4, -0.2) is 38.7 Å². The summed E-state index contributed by atoms with van der Waals surface area (Å²) in [6, 6.07) is 25.3. The normalized spacial score (nSPS) is 12.7. The monoisotopic (exact) mass is 402 g/mol. The lowest BCUT2D eigenvalue weighted by Gasteiger charge is -2.28. The van der Waals surface area contributed by atoms with Crippen LogP contribution in [0, 0.1) is 0 Å². The van der Waals surface area contributed by atoms with Crippen LogP contribution in [0.3, 0.4) is 0 Å². The molecule has 0 spiro atoms. The number of rotatable bonds is 8. The average Bonchev–Trinajstić information content (AvgIpc) is 2.95. The van der Waals surface area contributed by atoms with Crippen LogP contribution >= 0.6 is 0 Å². The summed E-state index contributed by atoms with van der Waals surface area (Å²) < 4.78 is 11.3. The second-order valence-corrected chi connectivity index (χ2v) is 7.79. The molecule has 0 aliphatic carbocycles. The quantitative estimate of drug-likeness (QED) is 0.511. The van der Waals surface area contributed by atoms with Gasteiger partial charge in [-0.3, -0.25) is 0 Å². The Balaban J connectivity index is 1.36. The minimum Gasteiger partial charge on any atom is -0.497 e. The number of anilines is 2. The molecule has 0 fully saturated rings. The SMILES string of the molecule is COc1ccc(CCCN(C)CCN2c3ccccc3COc3ccccc32)cc1. The Labute approximate surface area is 179 Å². The average molecular weight is 403 g/mol. The fraction of sp³-hybridized carbons (Fsp3) is 0.308. The first-order valence-corrected chi connectivity index (χ1v) is 10.6. The molecule has 0 N–H and O–H groups in total. The number of methoxy groups -OCH3 is 1. The van der Waals surface area contributed by atoms with Gasteiger partial charge in [0.15, 0.2) is 0 Å². The van der Waals surface area contributed by atoms with E-state index in [1.807, 2.05) is 18.2 Å². The van der Waals surface area contributed by atoms with E-state index in [9.17, 15) is 0 Å². The Kier molecular flexibility index (Phi) is 6.55. The second kappa shape index (κ2) is 9.68. The van der Waals surface area contributed by atoms with E-state index in [-0.39, 0.29) is 0 Å². The molecule has 0 saturated carbocycles. The Hall–Kier alpha value is -2.98. The second-order valence-electron chi connectivity index (χ2n) is 7.79. The van der Waals surface area contributed by atoms with Crippen molar-refractivity contribution in [2.75, 3.05) is 38.7 Å². The van der Waals surface area contributed by atoms with Crippen molar-refractivity contribution in [2.45, 2.75) is 19.4 Å². The van der Waals surface area contributed by atoms with Gasteiger partial charge in [0, 0.05) is 24.3 Å². The van der Waals surface area contributed by atoms with Gasteiger partial charge in [0.1, 0.15) is 18.1 Å². The van der Waals surface area contributed by atoms with Crippen molar-refractivity contribution in [3.8, 4) is 11.5 Å². The van der Waals surface area contributed by atoms with Crippen LogP contribution in [-0.2, 0) is 13.0 Å². The number of fused-ring (bicyclic) bond motifs is 2. The van der Waals surface area contributed by atoms with E-state index in [1.54, 1.807) is 7.11 Å². The van der Waals surface area contributed by atoms with Crippen molar-refractivity contribution in [2.24, 2.45) is 0 Å². The zero-order chi connectivity index (χ0) is 20.8. The molecule has 0 atom stereocenters. The molecule has 4 heteroatoms. The summed E-state index contributed by atoms with van der Waals surface area (Å²) in [6.45, 7) is 3.60. The van der Waals surface area contributed by atoms with Crippen LogP contribution in [0.15, 0.2) is 72.8 Å². The molecule has 4 nitrogen and oxygen atoms in total. The lowest BCUT2D eigenvalue weighted by Crippen LogP contribution is -2.31. The highest BCUT2D eigenvalue weighted by atomic mass is 16.5. The molecule has 0 saturated heterocycles. The molecule has 1 aliphatic heterocycles. The van der Waals surface area contributed by atoms with Gasteiger partial charge in [-0.15, -0.1) is 0 Å². The molecule has 0 bridgehead atoms. The highest BCUT2D eigenvalue weighted by Gasteiger charge is 2.21. The van der Waals surface area contributed by atoms with Gasteiger partial charge in [-0.25, -0.2) is 0 Å². The van der Waals surface area contributed by atoms with Crippen LogP contribution in [0.4, 0.5) is 11.4 Å². The standard InChI is InChI=1S/C26H30N2O2/c1-27(17-7-8-21-13-15-23(29-2)16-14-21)18-19-28-24-10-4-3-9-22(24)20-30-26-12-6-5-11-25(26)28/h3-6,9-16H,7-8,17-20H2,1-2H3. The third kappa shape index (κ3) is 4.77. The summed E-state index contributed by atoms with van der Waals surface area (Å²) in [5.74, 6) is 1.87. The number of hydrogen-bond acceptors (Lipinski definition) is 4. The van der Waals surface area contributed by atoms with Crippen molar-refractivity contribution in [1.29, 1.82) is 0 Å². The topological polar surface area (TPSA) is 24.9 Å². The van der Waals surface area contributed by atoms with Gasteiger partial charge in [-0.2, -0.15) is 0 Å². The van der Waals surface area contributed by atoms with Gasteiger partial charge in [-0.1, -0.05) is 42.5 Å². The third-order valence-electron chi connectivity index (χ3n) is 5.69. The van der Waals surface area contributed by atoms with Crippen molar-refractivity contribution in [1.82, 2.24) is 4.90 Å². The number of likely N-dealkylation sites (N-methyl/N-ethyl adjacent to an activating group) is 1. The van der Waals surface area contributed by atoms with Gasteiger partial charge < -0.3 is 19.3 Å². The predicted octanol–water partition coefficient (Wildman–Crippen LogP) is 5.29. The molecule has 0 aromatic heterocycles. The zero-order valence-corrected chi connectivity index (χ0v) is 17.9. The first kappa shape index (κ1) is 20.3. The summed E-state index contributed by atoms with van der Waals surface area (Å²) >= 11 is 0. The molecule has 0 unspecified atom stereocenters. The summed E-state index contributed by atoms with van der Waals surface area (Å²) in [7, 11) is 3.91. The molecule has 30 heavy (non-hydrogen) atoms. The van der Waals surface area contributed by atoms with Crippen molar-refractivity contribution < 1.29 is 9.47 Å². The first-order valence-electron chi connectivity index (χ1n) is 10.6. The van der Waals surface area contributed by atoms with Crippen molar-refractivity contribution in [3.05, 3.63) is 83.9 Å². The fourth-order valence-corrected chi connectivity index (χ4v) is 3.95. The summed E-state index contributed by atoms with van der Waals surface area (Å²) in [5, 5.41) is 0. The van der Waals surface area contributed by atoms with E-state index in [0.717, 1.165) is 49.7 Å². The van der Waals surface area contributed by atoms with Crippen molar-refractivity contribution in [3.63, 3.8) is 0 Å². The predicted molar refractivity (Wildman–Crippen MR) is 123 cm³/mol. The maximum Gasteiger partial charge on any atom is 0.143 e. The maximum absolute atomic E-state index is 6.08. The highest BCUT2D eigenvalue weighted by Crippen LogP contribution is 2.38. The number of para-hydroxylation sites is 3. The number of hydrogen-bond donors (Lipinski definition) is 0. The molecule has 3 aromatic rings. The molecule has 0 amide bonds. The van der Waals surface area contributed by atoms with Gasteiger partial charge >= 0.3 is 0 Å². The maximum atomic E-state index is 6.08. The fourth-order valence-electron chi connectivity index (χ4n) is 3.95. The first-order chi connectivity index (χ1) is 14.7. The van der Waals surface area contributed by atoms with E-state index in [0.29, 0.717) is 6.61 Å². The van der Waals surface area contributed by atoms with E-state index >= 15 is 0 Å². The van der Waals surface area contributed by atoms with E-state index in [2.05, 4.69) is 71.4 Å². The number of benzene rings is 3. The smallest absolute Gasteiger partial charge is 0.143 e. The Morgan fingerprint density at radius 1 is 0.900 bits per heavy atom. The molecular formula is C26H30N2O2. The van der Waals surface area contributed by atoms with E-state index < -0.39 is 0 Å². The van der Waals surface area contributed by atoms with Crippen LogP contribution in [0.25, 0.3) is 0 Å². The van der Waals surface area contributed by atoms with E-state index in [1.165, 1.54) is 16.8 Å².